The molecule has 21 heavy (non-hydrogen) atoms. The van der Waals surface area contributed by atoms with Crippen molar-refractivity contribution in [2.75, 3.05) is 6.61 Å². The summed E-state index contributed by atoms with van der Waals surface area (Å²) in [5.41, 5.74) is 3.58. The zero-order valence-corrected chi connectivity index (χ0v) is 13.1. The van der Waals surface area contributed by atoms with Crippen molar-refractivity contribution < 1.29 is 9.15 Å². The molecule has 0 amide bonds. The minimum atomic E-state index is 0.0898. The molecule has 0 aromatic carbocycles. The number of rotatable bonds is 4. The molecule has 2 aromatic heterocycles. The van der Waals surface area contributed by atoms with Crippen molar-refractivity contribution >= 4 is 0 Å². The van der Waals surface area contributed by atoms with Crippen molar-refractivity contribution in [2.24, 2.45) is 7.05 Å². The highest BCUT2D eigenvalue weighted by molar-refractivity contribution is 5.23. The highest BCUT2D eigenvalue weighted by Gasteiger charge is 2.31. The van der Waals surface area contributed by atoms with E-state index >= 15 is 0 Å². The van der Waals surface area contributed by atoms with Crippen molar-refractivity contribution in [3.8, 4) is 0 Å². The summed E-state index contributed by atoms with van der Waals surface area (Å²) >= 11 is 0. The Morgan fingerprint density at radius 3 is 2.81 bits per heavy atom. The van der Waals surface area contributed by atoms with Crippen LogP contribution in [0.2, 0.25) is 0 Å². The molecule has 0 aliphatic carbocycles. The minimum absolute atomic E-state index is 0.0898. The molecular weight excluding hydrogens is 266 g/mol. The Morgan fingerprint density at radius 1 is 1.38 bits per heavy atom. The molecule has 0 bridgehead atoms. The van der Waals surface area contributed by atoms with Gasteiger partial charge in [0.2, 0.25) is 0 Å². The van der Waals surface area contributed by atoms with Gasteiger partial charge >= 0.3 is 0 Å². The average molecular weight is 289 g/mol. The third-order valence-electron chi connectivity index (χ3n) is 4.37. The van der Waals surface area contributed by atoms with Gasteiger partial charge in [0.05, 0.1) is 6.20 Å². The number of aromatic nitrogens is 2. The van der Waals surface area contributed by atoms with Gasteiger partial charge < -0.3 is 14.5 Å². The quantitative estimate of drug-likeness (QED) is 0.940. The van der Waals surface area contributed by atoms with Gasteiger partial charge in [-0.2, -0.15) is 5.10 Å². The summed E-state index contributed by atoms with van der Waals surface area (Å²) in [6.45, 7) is 7.69. The second-order valence-electron chi connectivity index (χ2n) is 5.81. The van der Waals surface area contributed by atoms with Crippen LogP contribution in [0, 0.1) is 20.8 Å². The number of nitrogens with zero attached hydrogens (tertiary/aromatic N) is 2. The second kappa shape index (κ2) is 5.66. The monoisotopic (exact) mass is 289 g/mol. The van der Waals surface area contributed by atoms with E-state index in [2.05, 4.69) is 23.4 Å². The summed E-state index contributed by atoms with van der Waals surface area (Å²) in [7, 11) is 1.97. The molecule has 1 aliphatic rings. The van der Waals surface area contributed by atoms with Crippen LogP contribution in [0.3, 0.4) is 0 Å². The molecule has 0 radical (unpaired) electrons. The molecule has 0 spiro atoms. The minimum Gasteiger partial charge on any atom is -0.466 e. The first-order chi connectivity index (χ1) is 10.1. The smallest absolute Gasteiger partial charge is 0.105 e. The van der Waals surface area contributed by atoms with Gasteiger partial charge in [-0.15, -0.1) is 0 Å². The molecule has 5 heteroatoms. The third kappa shape index (κ3) is 2.76. The average Bonchev–Trinajstić information content (AvgIpc) is 3.10. The van der Waals surface area contributed by atoms with Crippen molar-refractivity contribution in [3.05, 3.63) is 40.6 Å². The van der Waals surface area contributed by atoms with E-state index in [1.807, 2.05) is 31.8 Å². The van der Waals surface area contributed by atoms with Crippen LogP contribution in [0.1, 0.15) is 40.9 Å². The molecule has 0 saturated carbocycles. The second-order valence-corrected chi connectivity index (χ2v) is 5.81. The van der Waals surface area contributed by atoms with Crippen LogP contribution in [-0.4, -0.2) is 22.4 Å². The van der Waals surface area contributed by atoms with Gasteiger partial charge in [0.1, 0.15) is 17.6 Å². The van der Waals surface area contributed by atoms with Crippen LogP contribution in [0.25, 0.3) is 0 Å². The highest BCUT2D eigenvalue weighted by atomic mass is 16.5. The van der Waals surface area contributed by atoms with E-state index in [1.165, 1.54) is 16.8 Å². The number of hydrogen-bond acceptors (Lipinski definition) is 4. The zero-order chi connectivity index (χ0) is 15.0. The molecule has 3 heterocycles. The standard InChI is InChI=1S/C16H23N3O2/c1-10-7-13(12(3)21-10)8-17-15-5-6-20-16(15)14-9-18-19(4)11(14)2/h7,9,15-17H,5-6,8H2,1-4H3/t15-,16+/m0/s1. The van der Waals surface area contributed by atoms with Gasteiger partial charge in [0.25, 0.3) is 0 Å². The van der Waals surface area contributed by atoms with E-state index in [0.29, 0.717) is 6.04 Å². The molecule has 1 fully saturated rings. The SMILES string of the molecule is Cc1cc(CN[C@H]2CCO[C@@H]2c2cnn(C)c2C)c(C)o1. The number of ether oxygens (including phenoxy) is 1. The van der Waals surface area contributed by atoms with Gasteiger partial charge in [0, 0.05) is 43.1 Å². The van der Waals surface area contributed by atoms with E-state index in [1.54, 1.807) is 0 Å². The predicted octanol–water partition coefficient (Wildman–Crippen LogP) is 2.56. The Balaban J connectivity index is 1.70. The summed E-state index contributed by atoms with van der Waals surface area (Å²) < 4.78 is 13.4. The van der Waals surface area contributed by atoms with Crippen LogP contribution < -0.4 is 5.32 Å². The number of hydrogen-bond donors (Lipinski definition) is 1. The molecule has 114 valence electrons. The normalized spacial score (nSPS) is 22.1. The van der Waals surface area contributed by atoms with Gasteiger partial charge in [-0.25, -0.2) is 0 Å². The Hall–Kier alpha value is -1.59. The molecule has 0 unspecified atom stereocenters. The first-order valence-electron chi connectivity index (χ1n) is 7.45. The molecule has 1 aliphatic heterocycles. The molecule has 5 nitrogen and oxygen atoms in total. The summed E-state index contributed by atoms with van der Waals surface area (Å²) in [6.07, 6.45) is 3.04. The number of nitrogens with one attached hydrogen (secondary N) is 1. The lowest BCUT2D eigenvalue weighted by Crippen LogP contribution is -2.31. The van der Waals surface area contributed by atoms with Crippen molar-refractivity contribution in [2.45, 2.75) is 45.9 Å². The summed E-state index contributed by atoms with van der Waals surface area (Å²) in [4.78, 5) is 0. The van der Waals surface area contributed by atoms with Crippen LogP contribution in [0.15, 0.2) is 16.7 Å². The summed E-state index contributed by atoms with van der Waals surface area (Å²) in [5, 5.41) is 7.94. The van der Waals surface area contributed by atoms with E-state index < -0.39 is 0 Å². The lowest BCUT2D eigenvalue weighted by molar-refractivity contribution is 0.0979. The van der Waals surface area contributed by atoms with Gasteiger partial charge in [-0.1, -0.05) is 0 Å². The largest absolute Gasteiger partial charge is 0.466 e. The van der Waals surface area contributed by atoms with E-state index in [9.17, 15) is 0 Å². The molecule has 2 aromatic rings. The highest BCUT2D eigenvalue weighted by Crippen LogP contribution is 2.31. The molecule has 1 saturated heterocycles. The third-order valence-corrected chi connectivity index (χ3v) is 4.37. The lowest BCUT2D eigenvalue weighted by atomic mass is 10.0. The van der Waals surface area contributed by atoms with Crippen molar-refractivity contribution in [1.82, 2.24) is 15.1 Å². The van der Waals surface area contributed by atoms with Crippen LogP contribution in [0.5, 0.6) is 0 Å². The predicted molar refractivity (Wildman–Crippen MR) is 80.1 cm³/mol. The van der Waals surface area contributed by atoms with Gasteiger partial charge in [-0.05, 0) is 33.3 Å². The van der Waals surface area contributed by atoms with Gasteiger partial charge in [0.15, 0.2) is 0 Å². The molecular formula is C16H23N3O2. The summed E-state index contributed by atoms with van der Waals surface area (Å²) in [6, 6.07) is 2.42. The zero-order valence-electron chi connectivity index (χ0n) is 13.1. The van der Waals surface area contributed by atoms with Crippen LogP contribution in [-0.2, 0) is 18.3 Å². The van der Waals surface area contributed by atoms with E-state index in [-0.39, 0.29) is 6.10 Å². The fourth-order valence-corrected chi connectivity index (χ4v) is 3.00. The molecule has 1 N–H and O–H groups in total. The Morgan fingerprint density at radius 2 is 2.19 bits per heavy atom. The fraction of sp³-hybridized carbons (Fsp3) is 0.562. The van der Waals surface area contributed by atoms with Crippen molar-refractivity contribution in [1.29, 1.82) is 0 Å². The first kappa shape index (κ1) is 14.4. The lowest BCUT2D eigenvalue weighted by Gasteiger charge is -2.19. The van der Waals surface area contributed by atoms with Crippen LogP contribution >= 0.6 is 0 Å². The maximum atomic E-state index is 5.93. The first-order valence-corrected chi connectivity index (χ1v) is 7.45. The Kier molecular flexibility index (Phi) is 3.87. The van der Waals surface area contributed by atoms with Crippen LogP contribution in [0.4, 0.5) is 0 Å². The van der Waals surface area contributed by atoms with E-state index in [4.69, 9.17) is 9.15 Å². The maximum Gasteiger partial charge on any atom is 0.105 e. The Bertz CT molecular complexity index is 630. The molecule has 2 atom stereocenters. The van der Waals surface area contributed by atoms with Gasteiger partial charge in [-0.3, -0.25) is 4.68 Å². The number of furan rings is 1. The topological polar surface area (TPSA) is 52.2 Å². The fourth-order valence-electron chi connectivity index (χ4n) is 3.00. The number of aryl methyl sites for hydroxylation is 3. The Labute approximate surface area is 125 Å². The van der Waals surface area contributed by atoms with E-state index in [0.717, 1.165) is 31.1 Å². The van der Waals surface area contributed by atoms with Crippen molar-refractivity contribution in [3.63, 3.8) is 0 Å². The maximum absolute atomic E-state index is 5.93. The summed E-state index contributed by atoms with van der Waals surface area (Å²) in [5.74, 6) is 1.96. The molecule has 3 rings (SSSR count).